The molecular formula is C17H24N2OS. The van der Waals surface area contributed by atoms with Gasteiger partial charge in [-0.25, -0.2) is 4.98 Å². The van der Waals surface area contributed by atoms with Gasteiger partial charge in [0.25, 0.3) is 0 Å². The fourth-order valence-electron chi connectivity index (χ4n) is 2.30. The van der Waals surface area contributed by atoms with E-state index in [1.54, 1.807) is 18.4 Å². The number of rotatable bonds is 7. The fraction of sp³-hybridized carbons (Fsp3) is 0.471. The molecule has 114 valence electrons. The van der Waals surface area contributed by atoms with Crippen LogP contribution in [-0.2, 0) is 6.42 Å². The third-order valence-electron chi connectivity index (χ3n) is 3.87. The summed E-state index contributed by atoms with van der Waals surface area (Å²) in [7, 11) is 1.70. The summed E-state index contributed by atoms with van der Waals surface area (Å²) in [5.74, 6) is 1.37. The number of methoxy groups -OCH3 is 1. The molecule has 0 aliphatic rings. The lowest BCUT2D eigenvalue weighted by molar-refractivity contribution is 0.414. The van der Waals surface area contributed by atoms with Gasteiger partial charge in [-0.3, -0.25) is 0 Å². The summed E-state index contributed by atoms with van der Waals surface area (Å²) in [4.78, 5) is 5.68. The number of nitrogens with one attached hydrogen (secondary N) is 1. The van der Waals surface area contributed by atoms with Gasteiger partial charge in [-0.2, -0.15) is 0 Å². The van der Waals surface area contributed by atoms with Crippen LogP contribution >= 0.6 is 11.3 Å². The van der Waals surface area contributed by atoms with Crippen molar-refractivity contribution in [3.8, 4) is 5.75 Å². The van der Waals surface area contributed by atoms with E-state index in [9.17, 15) is 0 Å². The Kier molecular flexibility index (Phi) is 5.76. The van der Waals surface area contributed by atoms with Gasteiger partial charge in [0.2, 0.25) is 0 Å². The van der Waals surface area contributed by atoms with Gasteiger partial charge >= 0.3 is 0 Å². The fourth-order valence-corrected chi connectivity index (χ4v) is 3.08. The molecule has 3 nitrogen and oxygen atoms in total. The van der Waals surface area contributed by atoms with Crippen molar-refractivity contribution in [2.45, 2.75) is 39.2 Å². The van der Waals surface area contributed by atoms with Gasteiger partial charge in [-0.1, -0.05) is 19.1 Å². The minimum atomic E-state index is 0.430. The predicted molar refractivity (Wildman–Crippen MR) is 89.4 cm³/mol. The molecule has 2 atom stereocenters. The summed E-state index contributed by atoms with van der Waals surface area (Å²) in [5, 5.41) is 4.81. The van der Waals surface area contributed by atoms with Gasteiger partial charge in [-0.05, 0) is 37.5 Å². The Morgan fingerprint density at radius 1 is 1.24 bits per heavy atom. The summed E-state index contributed by atoms with van der Waals surface area (Å²) in [6.45, 7) is 7.56. The van der Waals surface area contributed by atoms with Crippen LogP contribution < -0.4 is 10.1 Å². The second kappa shape index (κ2) is 7.57. The van der Waals surface area contributed by atoms with Crippen LogP contribution in [0.4, 0.5) is 0 Å². The molecule has 2 rings (SSSR count). The smallest absolute Gasteiger partial charge is 0.118 e. The molecule has 0 saturated carbocycles. The van der Waals surface area contributed by atoms with Gasteiger partial charge in [0.1, 0.15) is 5.75 Å². The molecule has 1 aromatic carbocycles. The van der Waals surface area contributed by atoms with E-state index >= 15 is 0 Å². The first-order valence-electron chi connectivity index (χ1n) is 7.38. The van der Waals surface area contributed by atoms with E-state index in [1.165, 1.54) is 15.4 Å². The van der Waals surface area contributed by atoms with Crippen LogP contribution in [0, 0.1) is 6.92 Å². The average Bonchev–Trinajstić information content (AvgIpc) is 2.92. The second-order valence-electron chi connectivity index (χ2n) is 5.42. The normalized spacial score (nSPS) is 13.9. The number of hydrogen-bond donors (Lipinski definition) is 1. The molecule has 1 N–H and O–H groups in total. The summed E-state index contributed by atoms with van der Waals surface area (Å²) in [5.41, 5.74) is 1.33. The zero-order valence-corrected chi connectivity index (χ0v) is 14.0. The Hall–Kier alpha value is -1.39. The third-order valence-corrected chi connectivity index (χ3v) is 4.84. The molecule has 0 radical (unpaired) electrons. The Morgan fingerprint density at radius 2 is 1.95 bits per heavy atom. The Labute approximate surface area is 131 Å². The molecule has 0 aliphatic carbocycles. The van der Waals surface area contributed by atoms with Crippen molar-refractivity contribution >= 4 is 11.3 Å². The van der Waals surface area contributed by atoms with E-state index < -0.39 is 0 Å². The lowest BCUT2D eigenvalue weighted by atomic mass is 9.94. The highest BCUT2D eigenvalue weighted by atomic mass is 32.1. The van der Waals surface area contributed by atoms with Crippen molar-refractivity contribution in [3.63, 3.8) is 0 Å². The molecule has 2 aromatic rings. The highest BCUT2D eigenvalue weighted by molar-refractivity contribution is 7.11. The lowest BCUT2D eigenvalue weighted by Gasteiger charge is -2.22. The van der Waals surface area contributed by atoms with Crippen LogP contribution in [0.15, 0.2) is 30.5 Å². The van der Waals surface area contributed by atoms with Crippen molar-refractivity contribution in [1.82, 2.24) is 10.3 Å². The number of aryl methyl sites for hydroxylation is 1. The van der Waals surface area contributed by atoms with Gasteiger partial charge in [-0.15, -0.1) is 11.3 Å². The monoisotopic (exact) mass is 304 g/mol. The number of benzene rings is 1. The maximum Gasteiger partial charge on any atom is 0.118 e. The quantitative estimate of drug-likeness (QED) is 0.845. The molecule has 21 heavy (non-hydrogen) atoms. The molecule has 4 heteroatoms. The zero-order valence-electron chi connectivity index (χ0n) is 13.2. The van der Waals surface area contributed by atoms with E-state index in [2.05, 4.69) is 43.2 Å². The Balaban J connectivity index is 1.82. The van der Waals surface area contributed by atoms with E-state index in [-0.39, 0.29) is 0 Å². The number of aromatic nitrogens is 1. The standard InChI is InChI=1S/C17H24N2OS/c1-12-11-19-17(21-12)9-10-18-14(3)13(2)15-5-7-16(20-4)8-6-15/h5-8,11,13-14,18H,9-10H2,1-4H3/t13-,14+/m1/s1. The molecule has 0 saturated heterocycles. The number of hydrogen-bond acceptors (Lipinski definition) is 4. The summed E-state index contributed by atoms with van der Waals surface area (Å²) in [6, 6.07) is 8.77. The summed E-state index contributed by atoms with van der Waals surface area (Å²) < 4.78 is 5.20. The molecule has 1 heterocycles. The predicted octanol–water partition coefficient (Wildman–Crippen LogP) is 3.78. The number of nitrogens with zero attached hydrogens (tertiary/aromatic N) is 1. The first-order valence-corrected chi connectivity index (χ1v) is 8.20. The second-order valence-corrected chi connectivity index (χ2v) is 6.74. The van der Waals surface area contributed by atoms with Crippen LogP contribution in [0.25, 0.3) is 0 Å². The third kappa shape index (κ3) is 4.55. The van der Waals surface area contributed by atoms with Crippen molar-refractivity contribution in [3.05, 3.63) is 45.9 Å². The molecule has 0 aliphatic heterocycles. The SMILES string of the molecule is COc1ccc([C@H](C)[C@H](C)NCCc2ncc(C)s2)cc1. The van der Waals surface area contributed by atoms with E-state index in [0.29, 0.717) is 12.0 Å². The first-order chi connectivity index (χ1) is 10.1. The van der Waals surface area contributed by atoms with Crippen LogP contribution in [0.1, 0.15) is 35.2 Å². The van der Waals surface area contributed by atoms with Crippen molar-refractivity contribution in [2.24, 2.45) is 0 Å². The van der Waals surface area contributed by atoms with Crippen LogP contribution in [0.3, 0.4) is 0 Å². The largest absolute Gasteiger partial charge is 0.497 e. The van der Waals surface area contributed by atoms with Crippen molar-refractivity contribution in [2.75, 3.05) is 13.7 Å². The number of ether oxygens (including phenoxy) is 1. The first kappa shape index (κ1) is 16.0. The van der Waals surface area contributed by atoms with Crippen LogP contribution in [-0.4, -0.2) is 24.7 Å². The minimum Gasteiger partial charge on any atom is -0.497 e. The molecular weight excluding hydrogens is 280 g/mol. The Morgan fingerprint density at radius 3 is 2.52 bits per heavy atom. The molecule has 0 amide bonds. The van der Waals surface area contributed by atoms with Crippen LogP contribution in [0.2, 0.25) is 0 Å². The topological polar surface area (TPSA) is 34.1 Å². The lowest BCUT2D eigenvalue weighted by Crippen LogP contribution is -2.32. The van der Waals surface area contributed by atoms with Crippen LogP contribution in [0.5, 0.6) is 5.75 Å². The van der Waals surface area contributed by atoms with Crippen molar-refractivity contribution in [1.29, 1.82) is 0 Å². The minimum absolute atomic E-state index is 0.430. The molecule has 0 unspecified atom stereocenters. The zero-order chi connectivity index (χ0) is 15.2. The van der Waals surface area contributed by atoms with E-state index in [0.717, 1.165) is 18.7 Å². The summed E-state index contributed by atoms with van der Waals surface area (Å²) in [6.07, 6.45) is 2.95. The summed E-state index contributed by atoms with van der Waals surface area (Å²) >= 11 is 1.78. The maximum atomic E-state index is 5.20. The number of thiazole rings is 1. The van der Waals surface area contributed by atoms with Gasteiger partial charge in [0, 0.05) is 30.1 Å². The molecule has 0 fully saturated rings. The highest BCUT2D eigenvalue weighted by Gasteiger charge is 2.14. The maximum absolute atomic E-state index is 5.20. The average molecular weight is 304 g/mol. The van der Waals surface area contributed by atoms with E-state index in [4.69, 9.17) is 4.74 Å². The van der Waals surface area contributed by atoms with Gasteiger partial charge in [0.05, 0.1) is 12.1 Å². The molecule has 0 spiro atoms. The van der Waals surface area contributed by atoms with Gasteiger partial charge < -0.3 is 10.1 Å². The van der Waals surface area contributed by atoms with Crippen molar-refractivity contribution < 1.29 is 4.74 Å². The van der Waals surface area contributed by atoms with E-state index in [1.807, 2.05) is 18.3 Å². The highest BCUT2D eigenvalue weighted by Crippen LogP contribution is 2.22. The van der Waals surface area contributed by atoms with Gasteiger partial charge in [0.15, 0.2) is 0 Å². The molecule has 0 bridgehead atoms. The Bertz CT molecular complexity index is 550. The molecule has 1 aromatic heterocycles.